The van der Waals surface area contributed by atoms with Crippen molar-refractivity contribution in [3.8, 4) is 0 Å². The number of hydrogen-bond donors (Lipinski definition) is 1. The fourth-order valence-electron chi connectivity index (χ4n) is 2.51. The first-order chi connectivity index (χ1) is 9.54. The number of aliphatic hydroxyl groups excluding tert-OH is 1. The van der Waals surface area contributed by atoms with Gasteiger partial charge in [0.05, 0.1) is 4.47 Å². The van der Waals surface area contributed by atoms with Gasteiger partial charge < -0.3 is 9.52 Å². The van der Waals surface area contributed by atoms with Crippen molar-refractivity contribution in [3.63, 3.8) is 0 Å². The van der Waals surface area contributed by atoms with E-state index in [1.54, 1.807) is 0 Å². The summed E-state index contributed by atoms with van der Waals surface area (Å²) in [5.41, 5.74) is 3.90. The van der Waals surface area contributed by atoms with Crippen LogP contribution in [0.4, 0.5) is 0 Å². The smallest absolute Gasteiger partial charge is 0.148 e. The lowest BCUT2D eigenvalue weighted by Gasteiger charge is -2.10. The molecule has 0 bridgehead atoms. The van der Waals surface area contributed by atoms with Crippen LogP contribution in [0.3, 0.4) is 0 Å². The Bertz CT molecular complexity index is 754. The lowest BCUT2D eigenvalue weighted by Crippen LogP contribution is -1.99. The molecular weight excluding hydrogens is 316 g/mol. The summed E-state index contributed by atoms with van der Waals surface area (Å²) in [6.45, 7) is 4.05. The maximum absolute atomic E-state index is 10.5. The van der Waals surface area contributed by atoms with Crippen molar-refractivity contribution in [2.24, 2.45) is 0 Å². The molecule has 0 aliphatic rings. The Hall–Kier alpha value is -1.58. The summed E-state index contributed by atoms with van der Waals surface area (Å²) < 4.78 is 6.69. The third kappa shape index (κ3) is 2.39. The van der Waals surface area contributed by atoms with Gasteiger partial charge in [-0.1, -0.05) is 41.5 Å². The molecule has 1 unspecified atom stereocenters. The van der Waals surface area contributed by atoms with Gasteiger partial charge in [-0.05, 0) is 47.5 Å². The monoisotopic (exact) mass is 330 g/mol. The van der Waals surface area contributed by atoms with Crippen molar-refractivity contribution in [2.45, 2.75) is 20.0 Å². The average molecular weight is 331 g/mol. The second kappa shape index (κ2) is 5.08. The highest BCUT2D eigenvalue weighted by Gasteiger charge is 2.17. The molecule has 0 amide bonds. The highest BCUT2D eigenvalue weighted by molar-refractivity contribution is 9.10. The third-order valence-corrected chi connectivity index (χ3v) is 3.97. The van der Waals surface area contributed by atoms with Crippen LogP contribution in [0, 0.1) is 13.8 Å². The van der Waals surface area contributed by atoms with Crippen LogP contribution in [-0.4, -0.2) is 5.11 Å². The molecule has 3 heteroatoms. The largest absolute Gasteiger partial charge is 0.457 e. The zero-order valence-electron chi connectivity index (χ0n) is 11.4. The molecule has 20 heavy (non-hydrogen) atoms. The molecule has 0 radical (unpaired) electrons. The van der Waals surface area contributed by atoms with Crippen molar-refractivity contribution < 1.29 is 9.52 Å². The Morgan fingerprint density at radius 3 is 2.40 bits per heavy atom. The van der Waals surface area contributed by atoms with Gasteiger partial charge in [0.15, 0.2) is 0 Å². The highest BCUT2D eigenvalue weighted by Crippen LogP contribution is 2.32. The zero-order valence-corrected chi connectivity index (χ0v) is 12.9. The first kappa shape index (κ1) is 13.4. The topological polar surface area (TPSA) is 33.4 Å². The van der Waals surface area contributed by atoms with Gasteiger partial charge in [-0.3, -0.25) is 0 Å². The van der Waals surface area contributed by atoms with Crippen molar-refractivity contribution in [2.75, 3.05) is 0 Å². The number of hydrogen-bond acceptors (Lipinski definition) is 2. The van der Waals surface area contributed by atoms with Crippen molar-refractivity contribution in [1.29, 1.82) is 0 Å². The standard InChI is InChI=1S/C17H15BrO2/c1-10-6-11(2)8-13(7-10)16(19)15-9-12-4-3-5-14(18)17(12)20-15/h3-9,16,19H,1-2H3. The van der Waals surface area contributed by atoms with Gasteiger partial charge in [-0.15, -0.1) is 0 Å². The Morgan fingerprint density at radius 1 is 1.05 bits per heavy atom. The lowest BCUT2D eigenvalue weighted by molar-refractivity contribution is 0.192. The summed E-state index contributed by atoms with van der Waals surface area (Å²) in [5, 5.41) is 11.5. The third-order valence-electron chi connectivity index (χ3n) is 3.34. The molecule has 0 saturated carbocycles. The SMILES string of the molecule is Cc1cc(C)cc(C(O)c2cc3cccc(Br)c3o2)c1. The fraction of sp³-hybridized carbons (Fsp3) is 0.176. The second-order valence-corrected chi connectivity index (χ2v) is 5.98. The minimum atomic E-state index is -0.743. The van der Waals surface area contributed by atoms with Gasteiger partial charge in [0.25, 0.3) is 0 Å². The van der Waals surface area contributed by atoms with Gasteiger partial charge in [0, 0.05) is 5.39 Å². The normalized spacial score (nSPS) is 12.8. The molecule has 0 saturated heterocycles. The quantitative estimate of drug-likeness (QED) is 0.725. The predicted octanol–water partition coefficient (Wildman–Crippen LogP) is 4.89. The van der Waals surface area contributed by atoms with Crippen molar-refractivity contribution >= 4 is 26.9 Å². The van der Waals surface area contributed by atoms with E-state index in [-0.39, 0.29) is 0 Å². The van der Waals surface area contributed by atoms with E-state index in [9.17, 15) is 5.11 Å². The van der Waals surface area contributed by atoms with Gasteiger partial charge >= 0.3 is 0 Å². The van der Waals surface area contributed by atoms with E-state index >= 15 is 0 Å². The number of aryl methyl sites for hydroxylation is 2. The average Bonchev–Trinajstić information content (AvgIpc) is 2.82. The summed E-state index contributed by atoms with van der Waals surface area (Å²) in [5.74, 6) is 0.567. The van der Waals surface area contributed by atoms with Gasteiger partial charge in [-0.2, -0.15) is 0 Å². The molecule has 1 atom stereocenters. The molecule has 0 spiro atoms. The van der Waals surface area contributed by atoms with Crippen LogP contribution < -0.4 is 0 Å². The van der Waals surface area contributed by atoms with Crippen LogP contribution in [0.5, 0.6) is 0 Å². The Labute approximate surface area is 126 Å². The summed E-state index contributed by atoms with van der Waals surface area (Å²) in [6, 6.07) is 13.8. The molecule has 0 fully saturated rings. The number of aliphatic hydroxyl groups is 1. The predicted molar refractivity (Wildman–Crippen MR) is 83.9 cm³/mol. The minimum Gasteiger partial charge on any atom is -0.457 e. The molecule has 0 aliphatic heterocycles. The van der Waals surface area contributed by atoms with Crippen LogP contribution in [0.1, 0.15) is 28.6 Å². The lowest BCUT2D eigenvalue weighted by atomic mass is 10.0. The molecule has 1 aromatic heterocycles. The first-order valence-corrected chi connectivity index (χ1v) is 7.28. The summed E-state index contributed by atoms with van der Waals surface area (Å²) in [6.07, 6.45) is -0.743. The molecular formula is C17H15BrO2. The number of para-hydroxylation sites is 1. The van der Waals surface area contributed by atoms with Crippen LogP contribution in [0.2, 0.25) is 0 Å². The molecule has 3 rings (SSSR count). The molecule has 1 heterocycles. The molecule has 102 valence electrons. The van der Waals surface area contributed by atoms with Gasteiger partial charge in [-0.25, -0.2) is 0 Å². The molecule has 3 aromatic rings. The Balaban J connectivity index is 2.07. The maximum atomic E-state index is 10.5. The minimum absolute atomic E-state index is 0.567. The van der Waals surface area contributed by atoms with E-state index in [1.165, 1.54) is 0 Å². The van der Waals surface area contributed by atoms with E-state index < -0.39 is 6.10 Å². The number of fused-ring (bicyclic) bond motifs is 1. The van der Waals surface area contributed by atoms with Crippen LogP contribution >= 0.6 is 15.9 Å². The number of benzene rings is 2. The van der Waals surface area contributed by atoms with Crippen molar-refractivity contribution in [3.05, 3.63) is 69.4 Å². The number of rotatable bonds is 2. The van der Waals surface area contributed by atoms with E-state index in [0.717, 1.165) is 32.1 Å². The summed E-state index contributed by atoms with van der Waals surface area (Å²) in [4.78, 5) is 0. The van der Waals surface area contributed by atoms with E-state index in [2.05, 4.69) is 22.0 Å². The summed E-state index contributed by atoms with van der Waals surface area (Å²) in [7, 11) is 0. The fourth-order valence-corrected chi connectivity index (χ4v) is 2.98. The maximum Gasteiger partial charge on any atom is 0.148 e. The van der Waals surface area contributed by atoms with E-state index in [4.69, 9.17) is 4.42 Å². The molecule has 1 N–H and O–H groups in total. The summed E-state index contributed by atoms with van der Waals surface area (Å²) >= 11 is 3.46. The molecule has 2 aromatic carbocycles. The zero-order chi connectivity index (χ0) is 14.3. The van der Waals surface area contributed by atoms with Crippen LogP contribution in [-0.2, 0) is 0 Å². The van der Waals surface area contributed by atoms with Gasteiger partial charge in [0.2, 0.25) is 0 Å². The second-order valence-electron chi connectivity index (χ2n) is 5.13. The number of furan rings is 1. The van der Waals surface area contributed by atoms with Crippen LogP contribution in [0.25, 0.3) is 11.0 Å². The number of halogens is 1. The Morgan fingerprint density at radius 2 is 1.75 bits per heavy atom. The first-order valence-electron chi connectivity index (χ1n) is 6.49. The van der Waals surface area contributed by atoms with Crippen molar-refractivity contribution in [1.82, 2.24) is 0 Å². The van der Waals surface area contributed by atoms with Crippen LogP contribution in [0.15, 0.2) is 51.4 Å². The molecule has 2 nitrogen and oxygen atoms in total. The highest BCUT2D eigenvalue weighted by atomic mass is 79.9. The van der Waals surface area contributed by atoms with E-state index in [1.807, 2.05) is 50.2 Å². The molecule has 0 aliphatic carbocycles. The Kier molecular flexibility index (Phi) is 3.40. The van der Waals surface area contributed by atoms with E-state index in [0.29, 0.717) is 5.76 Å². The van der Waals surface area contributed by atoms with Gasteiger partial charge in [0.1, 0.15) is 17.4 Å².